The first-order valence-electron chi connectivity index (χ1n) is 4.51. The lowest BCUT2D eigenvalue weighted by molar-refractivity contribution is 0.136. The second-order valence-electron chi connectivity index (χ2n) is 3.17. The molecule has 1 N–H and O–H groups in total. The van der Waals surface area contributed by atoms with Gasteiger partial charge in [0.15, 0.2) is 11.5 Å². The maximum absolute atomic E-state index is 5.77. The van der Waals surface area contributed by atoms with Gasteiger partial charge in [-0.2, -0.15) is 0 Å². The number of halogens is 1. The Morgan fingerprint density at radius 2 is 2.21 bits per heavy atom. The van der Waals surface area contributed by atoms with Crippen LogP contribution in [-0.4, -0.2) is 26.3 Å². The van der Waals surface area contributed by atoms with Crippen LogP contribution in [0.4, 0.5) is 0 Å². The normalized spacial score (nSPS) is 16.1. The molecule has 0 unspecified atom stereocenters. The summed E-state index contributed by atoms with van der Waals surface area (Å²) in [5.74, 6) is 1.56. The molecule has 0 aliphatic carbocycles. The average molecular weight is 258 g/mol. The molecule has 0 radical (unpaired) electrons. The van der Waals surface area contributed by atoms with E-state index in [9.17, 15) is 0 Å². The van der Waals surface area contributed by atoms with Crippen LogP contribution in [0.1, 0.15) is 0 Å². The van der Waals surface area contributed by atoms with E-state index >= 15 is 0 Å². The average Bonchev–Trinajstić information content (AvgIpc) is 2.12. The number of hydrogen-bond acceptors (Lipinski definition) is 3. The van der Waals surface area contributed by atoms with Crippen molar-refractivity contribution in [1.82, 2.24) is 5.32 Å². The fourth-order valence-electron chi connectivity index (χ4n) is 1.28. The van der Waals surface area contributed by atoms with Crippen LogP contribution >= 0.6 is 15.9 Å². The topological polar surface area (TPSA) is 30.5 Å². The van der Waals surface area contributed by atoms with Gasteiger partial charge in [0, 0.05) is 13.1 Å². The molecule has 0 aromatic heterocycles. The van der Waals surface area contributed by atoms with Crippen LogP contribution in [0.2, 0.25) is 0 Å². The molecule has 0 atom stereocenters. The maximum Gasteiger partial charge on any atom is 0.175 e. The number of benzene rings is 1. The molecular formula is C10H12BrNO2. The number of nitrogens with one attached hydrogen (secondary N) is 1. The van der Waals surface area contributed by atoms with E-state index in [1.807, 2.05) is 18.2 Å². The lowest BCUT2D eigenvalue weighted by Gasteiger charge is -2.28. The molecule has 4 heteroatoms. The van der Waals surface area contributed by atoms with Gasteiger partial charge in [-0.1, -0.05) is 6.07 Å². The van der Waals surface area contributed by atoms with Crippen LogP contribution in [0.5, 0.6) is 11.5 Å². The van der Waals surface area contributed by atoms with Gasteiger partial charge < -0.3 is 14.8 Å². The molecule has 2 rings (SSSR count). The summed E-state index contributed by atoms with van der Waals surface area (Å²) in [6.07, 6.45) is 0.266. The smallest absolute Gasteiger partial charge is 0.175 e. The predicted octanol–water partition coefficient (Wildman–Crippen LogP) is 1.81. The van der Waals surface area contributed by atoms with Crippen molar-refractivity contribution in [2.24, 2.45) is 0 Å². The summed E-state index contributed by atoms with van der Waals surface area (Å²) in [6.45, 7) is 1.81. The Balaban J connectivity index is 2.19. The van der Waals surface area contributed by atoms with Gasteiger partial charge in [0.1, 0.15) is 6.10 Å². The molecule has 0 bridgehead atoms. The Morgan fingerprint density at radius 1 is 1.43 bits per heavy atom. The van der Waals surface area contributed by atoms with Crippen molar-refractivity contribution in [3.05, 3.63) is 22.7 Å². The third-order valence-electron chi connectivity index (χ3n) is 2.18. The third kappa shape index (κ3) is 1.86. The highest BCUT2D eigenvalue weighted by molar-refractivity contribution is 9.10. The van der Waals surface area contributed by atoms with Gasteiger partial charge in [0.05, 0.1) is 11.6 Å². The Kier molecular flexibility index (Phi) is 2.93. The van der Waals surface area contributed by atoms with E-state index in [0.29, 0.717) is 0 Å². The monoisotopic (exact) mass is 257 g/mol. The first kappa shape index (κ1) is 9.80. The van der Waals surface area contributed by atoms with Crippen LogP contribution in [0.25, 0.3) is 0 Å². The van der Waals surface area contributed by atoms with E-state index < -0.39 is 0 Å². The van der Waals surface area contributed by atoms with E-state index in [4.69, 9.17) is 9.47 Å². The maximum atomic E-state index is 5.77. The minimum atomic E-state index is 0.266. The summed E-state index contributed by atoms with van der Waals surface area (Å²) in [5.41, 5.74) is 0. The number of methoxy groups -OCH3 is 1. The predicted molar refractivity (Wildman–Crippen MR) is 58.0 cm³/mol. The molecule has 1 aromatic carbocycles. The van der Waals surface area contributed by atoms with Crippen molar-refractivity contribution in [3.8, 4) is 11.5 Å². The summed E-state index contributed by atoms with van der Waals surface area (Å²) in [6, 6.07) is 5.77. The zero-order valence-corrected chi connectivity index (χ0v) is 9.50. The van der Waals surface area contributed by atoms with Gasteiger partial charge in [-0.15, -0.1) is 0 Å². The molecule has 14 heavy (non-hydrogen) atoms. The Hall–Kier alpha value is -0.740. The van der Waals surface area contributed by atoms with Crippen molar-refractivity contribution in [2.75, 3.05) is 20.2 Å². The van der Waals surface area contributed by atoms with E-state index in [2.05, 4.69) is 21.2 Å². The second kappa shape index (κ2) is 4.19. The highest BCUT2D eigenvalue weighted by Gasteiger charge is 2.21. The Morgan fingerprint density at radius 3 is 2.79 bits per heavy atom. The van der Waals surface area contributed by atoms with Crippen molar-refractivity contribution in [2.45, 2.75) is 6.10 Å². The van der Waals surface area contributed by atoms with Crippen molar-refractivity contribution >= 4 is 15.9 Å². The molecule has 1 saturated heterocycles. The number of rotatable bonds is 3. The largest absolute Gasteiger partial charge is 0.493 e. The van der Waals surface area contributed by atoms with E-state index in [-0.39, 0.29) is 6.10 Å². The summed E-state index contributed by atoms with van der Waals surface area (Å²) < 4.78 is 11.9. The lowest BCUT2D eigenvalue weighted by atomic mass is 10.2. The molecule has 0 saturated carbocycles. The molecule has 1 aromatic rings. The molecule has 1 fully saturated rings. The fourth-order valence-corrected chi connectivity index (χ4v) is 1.72. The van der Waals surface area contributed by atoms with Crippen LogP contribution in [0.15, 0.2) is 22.7 Å². The Labute approximate surface area is 91.5 Å². The molecule has 3 nitrogen and oxygen atoms in total. The minimum absolute atomic E-state index is 0.266. The third-order valence-corrected chi connectivity index (χ3v) is 2.80. The molecule has 76 valence electrons. The van der Waals surface area contributed by atoms with Crippen molar-refractivity contribution in [3.63, 3.8) is 0 Å². The van der Waals surface area contributed by atoms with Crippen LogP contribution < -0.4 is 14.8 Å². The van der Waals surface area contributed by atoms with Gasteiger partial charge in [-0.05, 0) is 28.1 Å². The van der Waals surface area contributed by atoms with E-state index in [1.54, 1.807) is 7.11 Å². The molecule has 0 amide bonds. The minimum Gasteiger partial charge on any atom is -0.493 e. The summed E-state index contributed by atoms with van der Waals surface area (Å²) in [7, 11) is 1.65. The zero-order valence-electron chi connectivity index (χ0n) is 7.92. The van der Waals surface area contributed by atoms with E-state index in [1.165, 1.54) is 0 Å². The molecule has 1 aliphatic rings. The van der Waals surface area contributed by atoms with Gasteiger partial charge >= 0.3 is 0 Å². The van der Waals surface area contributed by atoms with Crippen molar-refractivity contribution in [1.29, 1.82) is 0 Å². The van der Waals surface area contributed by atoms with Crippen LogP contribution in [0.3, 0.4) is 0 Å². The van der Waals surface area contributed by atoms with Gasteiger partial charge in [-0.3, -0.25) is 0 Å². The summed E-state index contributed by atoms with van der Waals surface area (Å²) in [5, 5.41) is 3.16. The standard InChI is InChI=1S/C10H12BrNO2/c1-13-9-4-2-3-8(11)10(9)14-7-5-12-6-7/h2-4,7,12H,5-6H2,1H3. The molecular weight excluding hydrogens is 246 g/mol. The highest BCUT2D eigenvalue weighted by atomic mass is 79.9. The van der Waals surface area contributed by atoms with Crippen molar-refractivity contribution < 1.29 is 9.47 Å². The highest BCUT2D eigenvalue weighted by Crippen LogP contribution is 2.35. The fraction of sp³-hybridized carbons (Fsp3) is 0.400. The summed E-state index contributed by atoms with van der Waals surface area (Å²) in [4.78, 5) is 0. The van der Waals surface area contributed by atoms with Crippen LogP contribution in [-0.2, 0) is 0 Å². The number of hydrogen-bond donors (Lipinski definition) is 1. The van der Waals surface area contributed by atoms with Crippen LogP contribution in [0, 0.1) is 0 Å². The molecule has 1 heterocycles. The van der Waals surface area contributed by atoms with Gasteiger partial charge in [-0.25, -0.2) is 0 Å². The number of para-hydroxylation sites is 1. The quantitative estimate of drug-likeness (QED) is 0.896. The first-order valence-corrected chi connectivity index (χ1v) is 5.30. The zero-order chi connectivity index (χ0) is 9.97. The summed E-state index contributed by atoms with van der Waals surface area (Å²) >= 11 is 3.44. The molecule has 0 spiro atoms. The molecule has 1 aliphatic heterocycles. The Bertz CT molecular complexity index is 326. The van der Waals surface area contributed by atoms with Gasteiger partial charge in [0.25, 0.3) is 0 Å². The number of ether oxygens (including phenoxy) is 2. The lowest BCUT2D eigenvalue weighted by Crippen LogP contribution is -2.50. The first-order chi connectivity index (χ1) is 6.81. The van der Waals surface area contributed by atoms with E-state index in [0.717, 1.165) is 29.1 Å². The second-order valence-corrected chi connectivity index (χ2v) is 4.02. The van der Waals surface area contributed by atoms with Gasteiger partial charge in [0.2, 0.25) is 0 Å². The SMILES string of the molecule is COc1cccc(Br)c1OC1CNC1.